The van der Waals surface area contributed by atoms with Crippen molar-refractivity contribution in [2.45, 2.75) is 69.8 Å². The normalized spacial score (nSPS) is 15.0. The van der Waals surface area contributed by atoms with Crippen molar-refractivity contribution in [3.8, 4) is 0 Å². The van der Waals surface area contributed by atoms with Crippen LogP contribution in [0.4, 0.5) is 0 Å². The Bertz CT molecular complexity index is 1010. The Balaban J connectivity index is 1.75. The van der Waals surface area contributed by atoms with Crippen LogP contribution in [0.1, 0.15) is 56.6 Å². The summed E-state index contributed by atoms with van der Waals surface area (Å²) in [5.74, 6) is 0.452. The van der Waals surface area contributed by atoms with Crippen molar-refractivity contribution in [1.29, 1.82) is 0 Å². The van der Waals surface area contributed by atoms with E-state index in [1.54, 1.807) is 35.2 Å². The number of nitrogens with zero attached hydrogens (tertiary/aromatic N) is 1. The number of rotatable bonds is 10. The molecule has 4 nitrogen and oxygen atoms in total. The molecule has 2 aromatic rings. The van der Waals surface area contributed by atoms with Crippen molar-refractivity contribution >= 4 is 70.0 Å². The van der Waals surface area contributed by atoms with Gasteiger partial charge in [-0.2, -0.15) is 0 Å². The molecule has 0 radical (unpaired) electrons. The number of hydrogen-bond donors (Lipinski definition) is 1. The lowest BCUT2D eigenvalue weighted by atomic mass is 9.95. The molecule has 0 heterocycles. The molecule has 0 aromatic heterocycles. The number of nitrogens with one attached hydrogen (secondary N) is 1. The van der Waals surface area contributed by atoms with Crippen LogP contribution in [0.3, 0.4) is 0 Å². The van der Waals surface area contributed by atoms with E-state index in [1.807, 2.05) is 13.0 Å². The van der Waals surface area contributed by atoms with Crippen molar-refractivity contribution in [1.82, 2.24) is 10.2 Å². The van der Waals surface area contributed by atoms with Gasteiger partial charge in [0.05, 0.1) is 15.8 Å². The third-order valence-electron chi connectivity index (χ3n) is 6.21. The van der Waals surface area contributed by atoms with E-state index in [0.29, 0.717) is 32.3 Å². The molecular weight excluding hydrogens is 546 g/mol. The van der Waals surface area contributed by atoms with Gasteiger partial charge in [0.25, 0.3) is 0 Å². The van der Waals surface area contributed by atoms with Crippen LogP contribution in [0.2, 0.25) is 20.1 Å². The van der Waals surface area contributed by atoms with Gasteiger partial charge in [-0.05, 0) is 54.7 Å². The number of thioether (sulfide) groups is 1. The fourth-order valence-electron chi connectivity index (χ4n) is 4.29. The second-order valence-electron chi connectivity index (χ2n) is 8.73. The maximum Gasteiger partial charge on any atom is 0.243 e. The summed E-state index contributed by atoms with van der Waals surface area (Å²) in [7, 11) is 0. The lowest BCUT2D eigenvalue weighted by molar-refractivity contribution is -0.139. The molecule has 3 rings (SSSR count). The maximum atomic E-state index is 13.5. The van der Waals surface area contributed by atoms with Crippen LogP contribution in [-0.4, -0.2) is 34.6 Å². The van der Waals surface area contributed by atoms with Crippen LogP contribution in [0, 0.1) is 0 Å². The topological polar surface area (TPSA) is 49.4 Å². The second kappa shape index (κ2) is 14.0. The van der Waals surface area contributed by atoms with Gasteiger partial charge in [-0.15, -0.1) is 11.8 Å². The second-order valence-corrected chi connectivity index (χ2v) is 11.3. The predicted molar refractivity (Wildman–Crippen MR) is 149 cm³/mol. The Morgan fingerprint density at radius 2 is 1.69 bits per heavy atom. The lowest BCUT2D eigenvalue weighted by Crippen LogP contribution is -2.52. The van der Waals surface area contributed by atoms with E-state index >= 15 is 0 Å². The minimum absolute atomic E-state index is 0.105. The van der Waals surface area contributed by atoms with Crippen LogP contribution < -0.4 is 5.32 Å². The lowest BCUT2D eigenvalue weighted by Gasteiger charge is -2.33. The quantitative estimate of drug-likeness (QED) is 0.314. The first-order valence-electron chi connectivity index (χ1n) is 11.8. The van der Waals surface area contributed by atoms with Gasteiger partial charge >= 0.3 is 0 Å². The standard InChI is InChI=1S/C26H30Cl4N2O2S/c1-2-24(26(34)31-18-7-4-3-5-8-18)32(14-17-11-12-22(29)23(30)13-17)25(33)16-35-15-19-20(27)9-6-10-21(19)28/h6,9-13,18,24H,2-5,7-8,14-16H2,1H3,(H,31,34). The van der Waals surface area contributed by atoms with E-state index in [4.69, 9.17) is 46.4 Å². The minimum Gasteiger partial charge on any atom is -0.352 e. The maximum absolute atomic E-state index is 13.5. The van der Waals surface area contributed by atoms with Gasteiger partial charge in [0.1, 0.15) is 6.04 Å². The van der Waals surface area contributed by atoms with Crippen LogP contribution >= 0.6 is 58.2 Å². The Morgan fingerprint density at radius 3 is 2.31 bits per heavy atom. The zero-order valence-electron chi connectivity index (χ0n) is 19.7. The molecule has 1 fully saturated rings. The van der Waals surface area contributed by atoms with Gasteiger partial charge in [0.2, 0.25) is 11.8 Å². The highest BCUT2D eigenvalue weighted by atomic mass is 35.5. The van der Waals surface area contributed by atoms with E-state index in [2.05, 4.69) is 5.32 Å². The number of halogens is 4. The first kappa shape index (κ1) is 28.5. The number of benzene rings is 2. The average Bonchev–Trinajstić information content (AvgIpc) is 2.83. The number of carbonyl (C=O) groups is 2. The van der Waals surface area contributed by atoms with E-state index in [0.717, 1.165) is 36.8 Å². The van der Waals surface area contributed by atoms with Crippen molar-refractivity contribution in [3.05, 3.63) is 67.6 Å². The Hall–Kier alpha value is -1.11. The van der Waals surface area contributed by atoms with E-state index in [1.165, 1.54) is 18.2 Å². The molecule has 1 unspecified atom stereocenters. The summed E-state index contributed by atoms with van der Waals surface area (Å²) >= 11 is 26.3. The molecule has 0 aliphatic heterocycles. The summed E-state index contributed by atoms with van der Waals surface area (Å²) in [6.07, 6.45) is 5.92. The molecule has 9 heteroatoms. The highest BCUT2D eigenvalue weighted by Crippen LogP contribution is 2.29. The smallest absolute Gasteiger partial charge is 0.243 e. The van der Waals surface area contributed by atoms with Gasteiger partial charge in [0, 0.05) is 28.4 Å². The van der Waals surface area contributed by atoms with Crippen molar-refractivity contribution in [3.63, 3.8) is 0 Å². The third-order valence-corrected chi connectivity index (χ3v) is 8.60. The van der Waals surface area contributed by atoms with Gasteiger partial charge < -0.3 is 10.2 Å². The molecule has 190 valence electrons. The summed E-state index contributed by atoms with van der Waals surface area (Å²) in [5.41, 5.74) is 1.61. The largest absolute Gasteiger partial charge is 0.352 e. The molecule has 1 atom stereocenters. The summed E-state index contributed by atoms with van der Waals surface area (Å²) in [6, 6.07) is 10.2. The molecule has 0 spiro atoms. The van der Waals surface area contributed by atoms with Crippen LogP contribution in [0.15, 0.2) is 36.4 Å². The summed E-state index contributed by atoms with van der Waals surface area (Å²) in [6.45, 7) is 2.19. The van der Waals surface area contributed by atoms with Crippen molar-refractivity contribution in [2.75, 3.05) is 5.75 Å². The molecule has 1 saturated carbocycles. The first-order chi connectivity index (χ1) is 16.8. The molecule has 35 heavy (non-hydrogen) atoms. The zero-order chi connectivity index (χ0) is 25.4. The van der Waals surface area contributed by atoms with Crippen molar-refractivity contribution in [2.24, 2.45) is 0 Å². The zero-order valence-corrected chi connectivity index (χ0v) is 23.5. The summed E-state index contributed by atoms with van der Waals surface area (Å²) in [5, 5.41) is 5.19. The predicted octanol–water partition coefficient (Wildman–Crippen LogP) is 7.79. The van der Waals surface area contributed by atoms with E-state index < -0.39 is 6.04 Å². The number of carbonyl (C=O) groups excluding carboxylic acids is 2. The van der Waals surface area contributed by atoms with Crippen LogP contribution in [-0.2, 0) is 21.9 Å². The van der Waals surface area contributed by atoms with Gasteiger partial charge in [-0.3, -0.25) is 9.59 Å². The Kier molecular flexibility index (Phi) is 11.4. The fourth-order valence-corrected chi connectivity index (χ4v) is 6.26. The Morgan fingerprint density at radius 1 is 1.00 bits per heavy atom. The van der Waals surface area contributed by atoms with Crippen LogP contribution in [0.25, 0.3) is 0 Å². The summed E-state index contributed by atoms with van der Waals surface area (Å²) in [4.78, 5) is 28.4. The van der Waals surface area contributed by atoms with Gasteiger partial charge in [-0.1, -0.05) is 84.7 Å². The monoisotopic (exact) mass is 574 g/mol. The fraction of sp³-hybridized carbons (Fsp3) is 0.462. The molecule has 0 bridgehead atoms. The Labute approximate surface area is 232 Å². The highest BCUT2D eigenvalue weighted by Gasteiger charge is 2.30. The molecule has 1 aliphatic rings. The highest BCUT2D eigenvalue weighted by molar-refractivity contribution is 7.99. The number of amides is 2. The molecule has 1 aliphatic carbocycles. The SMILES string of the molecule is CCC(C(=O)NC1CCCCC1)N(Cc1ccc(Cl)c(Cl)c1)C(=O)CSCc1c(Cl)cccc1Cl. The minimum atomic E-state index is -0.580. The average molecular weight is 576 g/mol. The molecule has 2 aromatic carbocycles. The molecule has 2 amide bonds. The molecule has 0 saturated heterocycles. The van der Waals surface area contributed by atoms with Gasteiger partial charge in [0.15, 0.2) is 0 Å². The van der Waals surface area contributed by atoms with Crippen LogP contribution in [0.5, 0.6) is 0 Å². The molecular formula is C26H30Cl4N2O2S. The first-order valence-corrected chi connectivity index (χ1v) is 14.5. The molecule has 1 N–H and O–H groups in total. The van der Waals surface area contributed by atoms with E-state index in [9.17, 15) is 9.59 Å². The number of hydrogen-bond acceptors (Lipinski definition) is 3. The summed E-state index contributed by atoms with van der Waals surface area (Å²) < 4.78 is 0. The van der Waals surface area contributed by atoms with Gasteiger partial charge in [-0.25, -0.2) is 0 Å². The van der Waals surface area contributed by atoms with E-state index in [-0.39, 0.29) is 30.2 Å². The van der Waals surface area contributed by atoms with Crippen molar-refractivity contribution < 1.29 is 9.59 Å². The third kappa shape index (κ3) is 8.19.